The predicted molar refractivity (Wildman–Crippen MR) is 71.3 cm³/mol. The van der Waals surface area contributed by atoms with Crippen molar-refractivity contribution in [3.05, 3.63) is 30.3 Å². The number of hydrogen-bond donors (Lipinski definition) is 1. The maximum atomic E-state index is 12.4. The Morgan fingerprint density at radius 3 is 2.47 bits per heavy atom. The van der Waals surface area contributed by atoms with Gasteiger partial charge in [-0.05, 0) is 17.1 Å². The number of rotatable bonds is 3. The topological polar surface area (TPSA) is 42.2 Å². The van der Waals surface area contributed by atoms with E-state index in [2.05, 4.69) is 4.37 Å². The predicted octanol–water partition coefficient (Wildman–Crippen LogP) is 3.39. The molecular weight excluding hydrogens is 275 g/mol. The average molecular weight is 287 g/mol. The summed E-state index contributed by atoms with van der Waals surface area (Å²) in [5, 5.41) is 0.418. The van der Waals surface area contributed by atoms with Gasteiger partial charge in [-0.3, -0.25) is 0 Å². The fourth-order valence-electron chi connectivity index (χ4n) is 1.77. The molecule has 0 aliphatic rings. The molecule has 0 radical (unpaired) electrons. The molecule has 2 aromatic rings. The Balaban J connectivity index is 2.38. The van der Waals surface area contributed by atoms with Crippen molar-refractivity contribution in [1.29, 1.82) is 0 Å². The molecular formula is C12H12F3N3S. The zero-order chi connectivity index (χ0) is 14.0. The molecule has 19 heavy (non-hydrogen) atoms. The molecule has 7 heteroatoms. The van der Waals surface area contributed by atoms with Crippen LogP contribution in [0.2, 0.25) is 0 Å². The van der Waals surface area contributed by atoms with E-state index in [1.165, 1.54) is 7.05 Å². The van der Waals surface area contributed by atoms with E-state index in [0.717, 1.165) is 22.0 Å². The van der Waals surface area contributed by atoms with Gasteiger partial charge in [-0.15, -0.1) is 0 Å². The maximum absolute atomic E-state index is 12.4. The number of anilines is 2. The van der Waals surface area contributed by atoms with Crippen molar-refractivity contribution < 1.29 is 13.2 Å². The van der Waals surface area contributed by atoms with Gasteiger partial charge < -0.3 is 10.6 Å². The third-order valence-electron chi connectivity index (χ3n) is 2.53. The molecule has 3 nitrogen and oxygen atoms in total. The van der Waals surface area contributed by atoms with Gasteiger partial charge in [0.25, 0.3) is 0 Å². The molecule has 0 bridgehead atoms. The van der Waals surface area contributed by atoms with E-state index in [9.17, 15) is 13.2 Å². The third-order valence-corrected chi connectivity index (χ3v) is 3.50. The van der Waals surface area contributed by atoms with Crippen molar-refractivity contribution in [2.75, 3.05) is 24.2 Å². The van der Waals surface area contributed by atoms with Crippen LogP contribution in [0.1, 0.15) is 0 Å². The van der Waals surface area contributed by atoms with E-state index in [0.29, 0.717) is 10.6 Å². The lowest BCUT2D eigenvalue weighted by molar-refractivity contribution is -0.119. The quantitative estimate of drug-likeness (QED) is 0.941. The van der Waals surface area contributed by atoms with Crippen LogP contribution in [-0.4, -0.2) is 24.1 Å². The first kappa shape index (κ1) is 13.7. The summed E-state index contributed by atoms with van der Waals surface area (Å²) in [4.78, 5) is 1.12. The highest BCUT2D eigenvalue weighted by Crippen LogP contribution is 2.39. The molecule has 0 saturated carbocycles. The van der Waals surface area contributed by atoms with Crippen LogP contribution in [0.5, 0.6) is 0 Å². The highest BCUT2D eigenvalue weighted by Gasteiger charge is 2.31. The van der Waals surface area contributed by atoms with Crippen molar-refractivity contribution >= 4 is 22.4 Å². The summed E-state index contributed by atoms with van der Waals surface area (Å²) in [6, 6.07) is 9.04. The summed E-state index contributed by atoms with van der Waals surface area (Å²) in [5.74, 6) is 0.250. The summed E-state index contributed by atoms with van der Waals surface area (Å²) < 4.78 is 41.3. The highest BCUT2D eigenvalue weighted by atomic mass is 32.1. The summed E-state index contributed by atoms with van der Waals surface area (Å²) in [6.07, 6.45) is -4.26. The van der Waals surface area contributed by atoms with Crippen molar-refractivity contribution in [1.82, 2.24) is 4.37 Å². The second kappa shape index (κ2) is 5.08. The van der Waals surface area contributed by atoms with E-state index in [-0.39, 0.29) is 5.82 Å². The van der Waals surface area contributed by atoms with Crippen LogP contribution in [0.15, 0.2) is 30.3 Å². The second-order valence-electron chi connectivity index (χ2n) is 4.09. The van der Waals surface area contributed by atoms with Gasteiger partial charge in [-0.25, -0.2) is 0 Å². The van der Waals surface area contributed by atoms with Crippen LogP contribution in [0, 0.1) is 0 Å². The molecule has 1 aromatic carbocycles. The Morgan fingerprint density at radius 2 is 1.89 bits per heavy atom. The van der Waals surface area contributed by atoms with Crippen LogP contribution in [0.25, 0.3) is 11.1 Å². The molecule has 1 aromatic heterocycles. The lowest BCUT2D eigenvalue weighted by atomic mass is 10.1. The van der Waals surface area contributed by atoms with E-state index < -0.39 is 12.7 Å². The monoisotopic (exact) mass is 287 g/mol. The number of aromatic nitrogens is 1. The summed E-state index contributed by atoms with van der Waals surface area (Å²) in [6.45, 7) is -1.03. The van der Waals surface area contributed by atoms with Gasteiger partial charge in [0.15, 0.2) is 0 Å². The van der Waals surface area contributed by atoms with Crippen molar-refractivity contribution in [2.45, 2.75) is 6.18 Å². The van der Waals surface area contributed by atoms with Crippen molar-refractivity contribution in [3.63, 3.8) is 0 Å². The van der Waals surface area contributed by atoms with Gasteiger partial charge in [0.1, 0.15) is 17.4 Å². The Hall–Kier alpha value is -1.76. The molecule has 102 valence electrons. The zero-order valence-electron chi connectivity index (χ0n) is 10.1. The van der Waals surface area contributed by atoms with Gasteiger partial charge >= 0.3 is 6.18 Å². The van der Waals surface area contributed by atoms with Crippen LogP contribution >= 0.6 is 11.5 Å². The number of nitrogens with two attached hydrogens (primary N) is 1. The summed E-state index contributed by atoms with van der Waals surface area (Å²) in [5.41, 5.74) is 7.08. The van der Waals surface area contributed by atoms with Gasteiger partial charge in [0.05, 0.1) is 5.56 Å². The minimum absolute atomic E-state index is 0.250. The van der Waals surface area contributed by atoms with Crippen molar-refractivity contribution in [3.8, 4) is 11.1 Å². The number of nitrogen functional groups attached to an aromatic ring is 1. The van der Waals surface area contributed by atoms with Gasteiger partial charge in [-0.1, -0.05) is 30.3 Å². The fourth-order valence-corrected chi connectivity index (χ4v) is 2.56. The fraction of sp³-hybridized carbons (Fsp3) is 0.250. The minimum atomic E-state index is -4.26. The Kier molecular flexibility index (Phi) is 3.66. The zero-order valence-corrected chi connectivity index (χ0v) is 10.9. The molecule has 1 heterocycles. The number of benzene rings is 1. The Labute approximate surface area is 112 Å². The molecule has 2 N–H and O–H groups in total. The molecule has 0 aliphatic carbocycles. The third kappa shape index (κ3) is 3.17. The Morgan fingerprint density at radius 1 is 1.26 bits per heavy atom. The van der Waals surface area contributed by atoms with E-state index in [1.807, 2.05) is 6.07 Å². The van der Waals surface area contributed by atoms with Crippen LogP contribution < -0.4 is 10.6 Å². The molecule has 0 atom stereocenters. The van der Waals surface area contributed by atoms with Crippen molar-refractivity contribution in [2.24, 2.45) is 0 Å². The SMILES string of the molecule is CN(CC(F)(F)F)c1snc(N)c1-c1ccccc1. The first-order chi connectivity index (χ1) is 8.88. The standard InChI is InChI=1S/C12H12F3N3S/c1-18(7-12(13,14)15)11-9(10(16)17-19-11)8-5-3-2-4-6-8/h2-6H,7H2,1H3,(H2,16,17). The molecule has 0 amide bonds. The lowest BCUT2D eigenvalue weighted by Gasteiger charge is -2.20. The first-order valence-electron chi connectivity index (χ1n) is 5.47. The van der Waals surface area contributed by atoms with Gasteiger partial charge in [0, 0.05) is 7.05 Å². The smallest absolute Gasteiger partial charge is 0.382 e. The molecule has 0 fully saturated rings. The molecule has 0 saturated heterocycles. The number of nitrogens with zero attached hydrogens (tertiary/aromatic N) is 2. The van der Waals surface area contributed by atoms with Gasteiger partial charge in [0.2, 0.25) is 0 Å². The van der Waals surface area contributed by atoms with E-state index in [1.54, 1.807) is 24.3 Å². The van der Waals surface area contributed by atoms with Crippen LogP contribution in [0.4, 0.5) is 24.0 Å². The number of halogens is 3. The van der Waals surface area contributed by atoms with Crippen LogP contribution in [-0.2, 0) is 0 Å². The summed E-state index contributed by atoms with van der Waals surface area (Å²) >= 11 is 0.971. The molecule has 0 aliphatic heterocycles. The largest absolute Gasteiger partial charge is 0.405 e. The number of hydrogen-bond acceptors (Lipinski definition) is 4. The lowest BCUT2D eigenvalue weighted by Crippen LogP contribution is -2.30. The van der Waals surface area contributed by atoms with Crippen LogP contribution in [0.3, 0.4) is 0 Å². The maximum Gasteiger partial charge on any atom is 0.405 e. The minimum Gasteiger partial charge on any atom is -0.382 e. The second-order valence-corrected chi connectivity index (χ2v) is 4.84. The average Bonchev–Trinajstić information content (AvgIpc) is 2.70. The molecule has 0 unspecified atom stereocenters. The Bertz CT molecular complexity index is 551. The molecule has 0 spiro atoms. The summed E-state index contributed by atoms with van der Waals surface area (Å²) in [7, 11) is 1.38. The normalized spacial score (nSPS) is 11.6. The molecule has 2 rings (SSSR count). The van der Waals surface area contributed by atoms with Gasteiger partial charge in [-0.2, -0.15) is 17.5 Å². The highest BCUT2D eigenvalue weighted by molar-refractivity contribution is 7.11. The van der Waals surface area contributed by atoms with E-state index >= 15 is 0 Å². The number of alkyl halides is 3. The first-order valence-corrected chi connectivity index (χ1v) is 6.24. The van der Waals surface area contributed by atoms with E-state index in [4.69, 9.17) is 5.73 Å².